The first-order valence-electron chi connectivity index (χ1n) is 7.66. The van der Waals surface area contributed by atoms with Crippen LogP contribution in [0.3, 0.4) is 0 Å². The summed E-state index contributed by atoms with van der Waals surface area (Å²) in [4.78, 5) is 36.2. The summed E-state index contributed by atoms with van der Waals surface area (Å²) >= 11 is -0.296. The van der Waals surface area contributed by atoms with Gasteiger partial charge in [-0.25, -0.2) is 4.79 Å². The van der Waals surface area contributed by atoms with Crippen molar-refractivity contribution in [3.8, 4) is 0 Å². The lowest BCUT2D eigenvalue weighted by Gasteiger charge is -2.16. The molecule has 0 aliphatic heterocycles. The maximum absolute atomic E-state index is 12.2. The van der Waals surface area contributed by atoms with Gasteiger partial charge in [0.25, 0.3) is 5.91 Å². The normalized spacial score (nSPS) is 11.0. The van der Waals surface area contributed by atoms with Crippen LogP contribution in [0.15, 0.2) is 29.2 Å². The predicted molar refractivity (Wildman–Crippen MR) is 89.6 cm³/mol. The number of amides is 2. The third-order valence-electron chi connectivity index (χ3n) is 3.03. The molecule has 0 spiro atoms. The van der Waals surface area contributed by atoms with Gasteiger partial charge in [0, 0.05) is 18.5 Å². The van der Waals surface area contributed by atoms with Gasteiger partial charge in [0.05, 0.1) is 12.1 Å². The first-order chi connectivity index (χ1) is 12.1. The minimum atomic E-state index is -4.41. The summed E-state index contributed by atoms with van der Waals surface area (Å²) in [5.74, 6) is -1.74. The second-order valence-electron chi connectivity index (χ2n) is 5.25. The fraction of sp³-hybridized carbons (Fsp3) is 0.438. The van der Waals surface area contributed by atoms with Crippen molar-refractivity contribution in [2.45, 2.75) is 23.7 Å². The van der Waals surface area contributed by atoms with E-state index < -0.39 is 24.0 Å². The van der Waals surface area contributed by atoms with Crippen LogP contribution in [0.4, 0.5) is 13.2 Å². The Morgan fingerprint density at radius 2 is 1.81 bits per heavy atom. The van der Waals surface area contributed by atoms with Crippen molar-refractivity contribution in [1.82, 2.24) is 10.2 Å². The highest BCUT2D eigenvalue weighted by Crippen LogP contribution is 2.36. The molecule has 0 unspecified atom stereocenters. The van der Waals surface area contributed by atoms with Crippen LogP contribution in [0, 0.1) is 0 Å². The lowest BCUT2D eigenvalue weighted by atomic mass is 10.2. The van der Waals surface area contributed by atoms with E-state index in [4.69, 9.17) is 4.74 Å². The average Bonchev–Trinajstić information content (AvgIpc) is 2.56. The van der Waals surface area contributed by atoms with E-state index in [-0.39, 0.29) is 34.7 Å². The third-order valence-corrected chi connectivity index (χ3v) is 3.77. The lowest BCUT2D eigenvalue weighted by molar-refractivity contribution is -0.137. The summed E-state index contributed by atoms with van der Waals surface area (Å²) in [5, 5.41) is 2.61. The molecule has 10 heteroatoms. The molecule has 0 aliphatic rings. The molecule has 0 radical (unpaired) electrons. The van der Waals surface area contributed by atoms with Crippen LogP contribution in [0.5, 0.6) is 0 Å². The summed E-state index contributed by atoms with van der Waals surface area (Å²) in [5.41, 5.74) is -4.39. The van der Waals surface area contributed by atoms with E-state index in [0.29, 0.717) is 6.54 Å². The number of carbonyl (C=O) groups excluding carboxylic acids is 3. The van der Waals surface area contributed by atoms with Gasteiger partial charge in [0.1, 0.15) is 0 Å². The molecule has 0 saturated carbocycles. The van der Waals surface area contributed by atoms with Gasteiger partial charge in [-0.05, 0) is 42.4 Å². The molecule has 26 heavy (non-hydrogen) atoms. The molecular formula is C16H19F3N2O4S. The zero-order valence-corrected chi connectivity index (χ0v) is 15.1. The van der Waals surface area contributed by atoms with Gasteiger partial charge >= 0.3 is 11.5 Å². The standard InChI is InChI=1S/C16H19F3N2O4S/c1-3-8-20-13(22)9-21(2)14(23)10-25-15(24)11-4-6-12(7-5-11)26-16(17,18)19/h4-7H,3,8-10H2,1-2H3,(H,20,22). The van der Waals surface area contributed by atoms with Crippen LogP contribution in [-0.4, -0.2) is 54.9 Å². The Kier molecular flexibility index (Phi) is 8.43. The van der Waals surface area contributed by atoms with Crippen molar-refractivity contribution >= 4 is 29.5 Å². The molecule has 1 rings (SSSR count). The van der Waals surface area contributed by atoms with E-state index in [1.807, 2.05) is 6.92 Å². The number of alkyl halides is 3. The minimum Gasteiger partial charge on any atom is -0.452 e. The second kappa shape index (κ2) is 10.0. The van der Waals surface area contributed by atoms with Crippen LogP contribution in [-0.2, 0) is 14.3 Å². The number of halogens is 3. The number of nitrogens with zero attached hydrogens (tertiary/aromatic N) is 1. The number of benzene rings is 1. The summed E-state index contributed by atoms with van der Waals surface area (Å²) in [6.07, 6.45) is 0.765. The number of esters is 1. The molecule has 1 aromatic carbocycles. The van der Waals surface area contributed by atoms with E-state index in [2.05, 4.69) is 5.32 Å². The van der Waals surface area contributed by atoms with Crippen molar-refractivity contribution in [2.75, 3.05) is 26.7 Å². The molecular weight excluding hydrogens is 373 g/mol. The Bertz CT molecular complexity index is 635. The summed E-state index contributed by atoms with van der Waals surface area (Å²) in [7, 11) is 1.39. The predicted octanol–water partition coefficient (Wildman–Crippen LogP) is 2.44. The van der Waals surface area contributed by atoms with Gasteiger partial charge in [0.2, 0.25) is 5.91 Å². The Morgan fingerprint density at radius 3 is 2.35 bits per heavy atom. The lowest BCUT2D eigenvalue weighted by Crippen LogP contribution is -2.40. The molecule has 0 fully saturated rings. The van der Waals surface area contributed by atoms with E-state index >= 15 is 0 Å². The summed E-state index contributed by atoms with van der Waals surface area (Å²) in [6, 6.07) is 4.65. The fourth-order valence-corrected chi connectivity index (χ4v) is 2.28. The molecule has 0 aliphatic carbocycles. The van der Waals surface area contributed by atoms with Crippen LogP contribution in [0.25, 0.3) is 0 Å². The molecule has 0 heterocycles. The van der Waals surface area contributed by atoms with Gasteiger partial charge < -0.3 is 15.0 Å². The topological polar surface area (TPSA) is 75.7 Å². The van der Waals surface area contributed by atoms with Gasteiger partial charge in [-0.15, -0.1) is 0 Å². The Hall–Kier alpha value is -2.23. The Labute approximate surface area is 153 Å². The number of hydrogen-bond acceptors (Lipinski definition) is 5. The maximum atomic E-state index is 12.2. The number of carbonyl (C=O) groups is 3. The second-order valence-corrected chi connectivity index (χ2v) is 6.39. The highest BCUT2D eigenvalue weighted by molar-refractivity contribution is 8.00. The average molecular weight is 392 g/mol. The number of likely N-dealkylation sites (N-methyl/N-ethyl adjacent to an activating group) is 1. The summed E-state index contributed by atoms with van der Waals surface area (Å²) < 4.78 is 41.6. The van der Waals surface area contributed by atoms with Crippen molar-refractivity contribution in [1.29, 1.82) is 0 Å². The van der Waals surface area contributed by atoms with Crippen LogP contribution in [0.2, 0.25) is 0 Å². The number of hydrogen-bond donors (Lipinski definition) is 1. The minimum absolute atomic E-state index is 0.0210. The number of ether oxygens (including phenoxy) is 1. The molecule has 144 valence electrons. The van der Waals surface area contributed by atoms with Crippen LogP contribution >= 0.6 is 11.8 Å². The van der Waals surface area contributed by atoms with E-state index in [9.17, 15) is 27.6 Å². The van der Waals surface area contributed by atoms with Crippen LogP contribution < -0.4 is 5.32 Å². The SMILES string of the molecule is CCCNC(=O)CN(C)C(=O)COC(=O)c1ccc(SC(F)(F)F)cc1. The van der Waals surface area contributed by atoms with Gasteiger partial charge in [0.15, 0.2) is 6.61 Å². The monoisotopic (exact) mass is 392 g/mol. The van der Waals surface area contributed by atoms with E-state index in [0.717, 1.165) is 23.5 Å². The highest BCUT2D eigenvalue weighted by atomic mass is 32.2. The summed E-state index contributed by atoms with van der Waals surface area (Å²) in [6.45, 7) is 1.65. The van der Waals surface area contributed by atoms with Gasteiger partial charge in [-0.1, -0.05) is 6.92 Å². The van der Waals surface area contributed by atoms with Gasteiger partial charge in [-0.2, -0.15) is 13.2 Å². The zero-order chi connectivity index (χ0) is 19.7. The molecule has 0 aromatic heterocycles. The van der Waals surface area contributed by atoms with Crippen molar-refractivity contribution < 1.29 is 32.3 Å². The number of rotatable bonds is 8. The molecule has 0 bridgehead atoms. The smallest absolute Gasteiger partial charge is 0.446 e. The molecule has 2 amide bonds. The van der Waals surface area contributed by atoms with Crippen LogP contribution in [0.1, 0.15) is 23.7 Å². The first kappa shape index (κ1) is 21.8. The van der Waals surface area contributed by atoms with Gasteiger partial charge in [-0.3, -0.25) is 9.59 Å². The Balaban J connectivity index is 2.47. The molecule has 0 saturated heterocycles. The molecule has 1 aromatic rings. The number of thioether (sulfide) groups is 1. The van der Waals surface area contributed by atoms with Crippen molar-refractivity contribution in [3.63, 3.8) is 0 Å². The Morgan fingerprint density at radius 1 is 1.19 bits per heavy atom. The first-order valence-corrected chi connectivity index (χ1v) is 8.47. The largest absolute Gasteiger partial charge is 0.452 e. The van der Waals surface area contributed by atoms with E-state index in [1.54, 1.807) is 0 Å². The van der Waals surface area contributed by atoms with E-state index in [1.165, 1.54) is 19.2 Å². The molecule has 0 atom stereocenters. The molecule has 6 nitrogen and oxygen atoms in total. The number of nitrogens with one attached hydrogen (secondary N) is 1. The molecule has 1 N–H and O–H groups in total. The third kappa shape index (κ3) is 8.24. The maximum Gasteiger partial charge on any atom is 0.446 e. The van der Waals surface area contributed by atoms with Crippen molar-refractivity contribution in [3.05, 3.63) is 29.8 Å². The van der Waals surface area contributed by atoms with Crippen molar-refractivity contribution in [2.24, 2.45) is 0 Å². The zero-order valence-electron chi connectivity index (χ0n) is 14.3. The quantitative estimate of drug-likeness (QED) is 0.543. The fourth-order valence-electron chi connectivity index (χ4n) is 1.74. The highest BCUT2D eigenvalue weighted by Gasteiger charge is 2.29.